The maximum atomic E-state index is 11.0. The largest absolute Gasteiger partial charge is 0.505 e. The summed E-state index contributed by atoms with van der Waals surface area (Å²) >= 11 is 1.72. The Labute approximate surface area is 201 Å². The molecule has 0 saturated carbocycles. The van der Waals surface area contributed by atoms with E-state index in [9.17, 15) is 5.11 Å². The molecule has 0 unspecified atom stereocenters. The SMILES string of the molecule is CCC(C)(C)c1ccc(Sc2ccc3nn(-c4cc(C)cc(C(C)(C)C)c4O)nc3c2)cc1. The van der Waals surface area contributed by atoms with Crippen LogP contribution in [0, 0.1) is 6.92 Å². The van der Waals surface area contributed by atoms with Gasteiger partial charge in [0.15, 0.2) is 0 Å². The lowest BCUT2D eigenvalue weighted by molar-refractivity contribution is 0.440. The molecule has 0 spiro atoms. The van der Waals surface area contributed by atoms with Gasteiger partial charge in [-0.15, -0.1) is 15.0 Å². The minimum atomic E-state index is -0.177. The third-order valence-corrected chi connectivity index (χ3v) is 7.36. The molecule has 0 aliphatic heterocycles. The summed E-state index contributed by atoms with van der Waals surface area (Å²) < 4.78 is 0. The Kier molecular flexibility index (Phi) is 6.04. The Balaban J connectivity index is 1.65. The van der Waals surface area contributed by atoms with Crippen molar-refractivity contribution in [1.82, 2.24) is 15.0 Å². The lowest BCUT2D eigenvalue weighted by Gasteiger charge is -2.23. The molecule has 3 aromatic carbocycles. The quantitative estimate of drug-likeness (QED) is 0.334. The second-order valence-electron chi connectivity index (χ2n) is 10.4. The number of rotatable bonds is 5. The first-order valence-corrected chi connectivity index (χ1v) is 12.3. The second kappa shape index (κ2) is 8.53. The van der Waals surface area contributed by atoms with E-state index in [1.807, 2.05) is 25.1 Å². The number of phenols is 1. The first-order chi connectivity index (χ1) is 15.5. The molecule has 4 nitrogen and oxygen atoms in total. The van der Waals surface area contributed by atoms with E-state index in [4.69, 9.17) is 5.10 Å². The molecule has 0 amide bonds. The summed E-state index contributed by atoms with van der Waals surface area (Å²) in [5.74, 6) is 0.234. The molecule has 5 heteroatoms. The number of aromatic nitrogens is 3. The Morgan fingerprint density at radius 1 is 0.848 bits per heavy atom. The van der Waals surface area contributed by atoms with Crippen LogP contribution in [0.3, 0.4) is 0 Å². The van der Waals surface area contributed by atoms with Gasteiger partial charge >= 0.3 is 0 Å². The fourth-order valence-corrected chi connectivity index (χ4v) is 4.71. The van der Waals surface area contributed by atoms with E-state index in [1.54, 1.807) is 16.6 Å². The molecule has 0 fully saturated rings. The fourth-order valence-electron chi connectivity index (χ4n) is 3.86. The van der Waals surface area contributed by atoms with E-state index in [0.717, 1.165) is 33.5 Å². The zero-order chi connectivity index (χ0) is 24.0. The van der Waals surface area contributed by atoms with Gasteiger partial charge in [-0.1, -0.05) is 71.5 Å². The zero-order valence-electron chi connectivity index (χ0n) is 20.6. The van der Waals surface area contributed by atoms with Gasteiger partial charge in [-0.2, -0.15) is 0 Å². The molecule has 0 saturated heterocycles. The van der Waals surface area contributed by atoms with Gasteiger partial charge in [-0.05, 0) is 71.7 Å². The van der Waals surface area contributed by atoms with Crippen LogP contribution in [0.25, 0.3) is 16.7 Å². The number of nitrogens with zero attached hydrogens (tertiary/aromatic N) is 3. The highest BCUT2D eigenvalue weighted by Crippen LogP contribution is 2.37. The van der Waals surface area contributed by atoms with Crippen LogP contribution in [-0.4, -0.2) is 20.1 Å². The molecule has 0 radical (unpaired) electrons. The highest BCUT2D eigenvalue weighted by Gasteiger charge is 2.22. The molecule has 33 heavy (non-hydrogen) atoms. The predicted octanol–water partition coefficient (Wildman–Crippen LogP) is 7.57. The van der Waals surface area contributed by atoms with Crippen molar-refractivity contribution in [3.63, 3.8) is 0 Å². The van der Waals surface area contributed by atoms with Crippen molar-refractivity contribution in [3.8, 4) is 11.4 Å². The average molecular weight is 460 g/mol. The molecule has 0 aliphatic rings. The van der Waals surface area contributed by atoms with Crippen molar-refractivity contribution in [2.75, 3.05) is 0 Å². The van der Waals surface area contributed by atoms with E-state index in [0.29, 0.717) is 5.69 Å². The lowest BCUT2D eigenvalue weighted by atomic mass is 9.82. The molecule has 0 atom stereocenters. The monoisotopic (exact) mass is 459 g/mol. The van der Waals surface area contributed by atoms with Gasteiger partial charge in [-0.25, -0.2) is 0 Å². The maximum Gasteiger partial charge on any atom is 0.146 e. The first-order valence-electron chi connectivity index (χ1n) is 11.5. The topological polar surface area (TPSA) is 50.9 Å². The smallest absolute Gasteiger partial charge is 0.146 e. The van der Waals surface area contributed by atoms with Gasteiger partial charge in [0.25, 0.3) is 0 Å². The van der Waals surface area contributed by atoms with Crippen LogP contribution in [0.2, 0.25) is 0 Å². The Morgan fingerprint density at radius 3 is 2.12 bits per heavy atom. The van der Waals surface area contributed by atoms with Crippen molar-refractivity contribution in [2.24, 2.45) is 0 Å². The number of phenolic OH excluding ortho intramolecular Hbond substituents is 1. The van der Waals surface area contributed by atoms with Crippen molar-refractivity contribution in [3.05, 3.63) is 71.3 Å². The van der Waals surface area contributed by atoms with Gasteiger partial charge in [0.05, 0.1) is 0 Å². The summed E-state index contributed by atoms with van der Waals surface area (Å²) in [4.78, 5) is 3.86. The van der Waals surface area contributed by atoms with Gasteiger partial charge in [0, 0.05) is 15.4 Å². The number of fused-ring (bicyclic) bond motifs is 1. The van der Waals surface area contributed by atoms with Crippen LogP contribution in [0.15, 0.2) is 64.4 Å². The standard InChI is InChI=1S/C28H33N3OS/c1-8-28(6,7)19-9-11-20(12-10-19)33-21-13-14-23-24(17-21)30-31(29-23)25-16-18(2)15-22(26(25)32)27(3,4)5/h9-17,32H,8H2,1-7H3. The van der Waals surface area contributed by atoms with Crippen molar-refractivity contribution < 1.29 is 5.11 Å². The molecular weight excluding hydrogens is 426 g/mol. The van der Waals surface area contributed by atoms with Crippen LogP contribution in [0.5, 0.6) is 5.75 Å². The maximum absolute atomic E-state index is 11.0. The third-order valence-electron chi connectivity index (χ3n) is 6.36. The lowest BCUT2D eigenvalue weighted by Crippen LogP contribution is -2.14. The number of benzene rings is 3. The van der Waals surface area contributed by atoms with E-state index in [1.165, 1.54) is 10.5 Å². The summed E-state index contributed by atoms with van der Waals surface area (Å²) in [5.41, 5.74) is 5.56. The van der Waals surface area contributed by atoms with Crippen LogP contribution >= 0.6 is 11.8 Å². The first kappa shape index (κ1) is 23.4. The Bertz CT molecular complexity index is 1300. The van der Waals surface area contributed by atoms with Crippen molar-refractivity contribution >= 4 is 22.8 Å². The normalized spacial score (nSPS) is 12.5. The third kappa shape index (κ3) is 4.79. The molecule has 1 aromatic heterocycles. The molecule has 4 rings (SSSR count). The Morgan fingerprint density at radius 2 is 1.48 bits per heavy atom. The van der Waals surface area contributed by atoms with Crippen LogP contribution in [0.1, 0.15) is 64.7 Å². The number of hydrogen-bond donors (Lipinski definition) is 1. The minimum absolute atomic E-state index is 0.177. The van der Waals surface area contributed by atoms with E-state index in [2.05, 4.69) is 83.0 Å². The van der Waals surface area contributed by atoms with Crippen molar-refractivity contribution in [2.45, 2.75) is 75.5 Å². The van der Waals surface area contributed by atoms with Crippen LogP contribution in [-0.2, 0) is 10.8 Å². The van der Waals surface area contributed by atoms with Crippen LogP contribution in [0.4, 0.5) is 0 Å². The highest BCUT2D eigenvalue weighted by atomic mass is 32.2. The summed E-state index contributed by atoms with van der Waals surface area (Å²) in [6.07, 6.45) is 1.11. The summed E-state index contributed by atoms with van der Waals surface area (Å²) in [5, 5.41) is 20.3. The molecule has 1 heterocycles. The molecule has 4 aromatic rings. The number of aromatic hydroxyl groups is 1. The molecule has 1 N–H and O–H groups in total. The summed E-state index contributed by atoms with van der Waals surface area (Å²) in [6, 6.07) is 18.9. The van der Waals surface area contributed by atoms with E-state index >= 15 is 0 Å². The summed E-state index contributed by atoms with van der Waals surface area (Å²) in [7, 11) is 0. The fraction of sp³-hybridized carbons (Fsp3) is 0.357. The van der Waals surface area contributed by atoms with E-state index < -0.39 is 0 Å². The molecule has 0 bridgehead atoms. The average Bonchev–Trinajstić information content (AvgIpc) is 3.18. The highest BCUT2D eigenvalue weighted by molar-refractivity contribution is 7.99. The second-order valence-corrected chi connectivity index (χ2v) is 11.6. The molecule has 0 aliphatic carbocycles. The summed E-state index contributed by atoms with van der Waals surface area (Å²) in [6.45, 7) is 15.1. The number of hydrogen-bond acceptors (Lipinski definition) is 4. The van der Waals surface area contributed by atoms with Crippen molar-refractivity contribution in [1.29, 1.82) is 0 Å². The Hall–Kier alpha value is -2.79. The zero-order valence-corrected chi connectivity index (χ0v) is 21.4. The molecule has 172 valence electrons. The van der Waals surface area contributed by atoms with Gasteiger partial charge < -0.3 is 5.11 Å². The van der Waals surface area contributed by atoms with Gasteiger partial charge in [-0.3, -0.25) is 0 Å². The van der Waals surface area contributed by atoms with Gasteiger partial charge in [0.2, 0.25) is 0 Å². The van der Waals surface area contributed by atoms with E-state index in [-0.39, 0.29) is 16.6 Å². The predicted molar refractivity (Wildman–Crippen MR) is 138 cm³/mol. The van der Waals surface area contributed by atoms with Crippen LogP contribution < -0.4 is 0 Å². The molecular formula is C28H33N3OS. The minimum Gasteiger partial charge on any atom is -0.505 e. The number of aryl methyl sites for hydroxylation is 1. The van der Waals surface area contributed by atoms with Gasteiger partial charge in [0.1, 0.15) is 22.5 Å².